The van der Waals surface area contributed by atoms with E-state index in [1.165, 1.54) is 30.0 Å². The fourth-order valence-electron chi connectivity index (χ4n) is 3.47. The summed E-state index contributed by atoms with van der Waals surface area (Å²) >= 11 is 7.32. The van der Waals surface area contributed by atoms with Crippen LogP contribution in [0.2, 0.25) is 5.02 Å². The van der Waals surface area contributed by atoms with Crippen LogP contribution >= 0.6 is 23.4 Å². The minimum atomic E-state index is -4.15. The van der Waals surface area contributed by atoms with Gasteiger partial charge in [0.1, 0.15) is 4.90 Å². The van der Waals surface area contributed by atoms with Gasteiger partial charge in [-0.3, -0.25) is 0 Å². The predicted octanol–water partition coefficient (Wildman–Crippen LogP) is 3.41. The Hall–Kier alpha value is -1.71. The molecule has 0 spiro atoms. The van der Waals surface area contributed by atoms with Gasteiger partial charge in [0.05, 0.1) is 22.2 Å². The number of carbonyl (C=O) groups is 2. The lowest BCUT2D eigenvalue weighted by Gasteiger charge is -2.25. The molecule has 2 atom stereocenters. The van der Waals surface area contributed by atoms with Gasteiger partial charge in [-0.15, -0.1) is 11.8 Å². The summed E-state index contributed by atoms with van der Waals surface area (Å²) in [7, 11) is -4.15. The van der Waals surface area contributed by atoms with Gasteiger partial charge in [-0.1, -0.05) is 36.6 Å². The molecule has 152 valence electrons. The maximum absolute atomic E-state index is 12.4. The molecule has 7 nitrogen and oxygen atoms in total. The summed E-state index contributed by atoms with van der Waals surface area (Å²) in [6.07, 6.45) is 3.84. The third-order valence-corrected chi connectivity index (χ3v) is 7.92. The molecule has 1 fully saturated rings. The fourth-order valence-corrected chi connectivity index (χ4v) is 6.43. The zero-order chi connectivity index (χ0) is 20.3. The Balaban J connectivity index is 1.80. The normalized spacial score (nSPS) is 21.8. The van der Waals surface area contributed by atoms with E-state index in [1.54, 1.807) is 13.0 Å². The van der Waals surface area contributed by atoms with E-state index in [1.807, 2.05) is 4.72 Å². The smallest absolute Gasteiger partial charge is 0.336 e. The van der Waals surface area contributed by atoms with Gasteiger partial charge in [-0.05, 0) is 31.9 Å². The largest absolute Gasteiger partial charge is 0.463 e. The standard InChI is InChI=1S/C18H21ClN2O5S2/c1-2-26-17(22)15-11-7-3-5-9-13(11)27-16(15)20-18(23)21-28(24,25)14-10-6-4-8-12(14)19/h4,6,8,10-11,13H,2-3,5,7,9H2,1H3,(H2,20,21,23). The number of thioether (sulfide) groups is 1. The Kier molecular flexibility index (Phi) is 6.57. The van der Waals surface area contributed by atoms with Crippen molar-refractivity contribution in [3.05, 3.63) is 39.9 Å². The predicted molar refractivity (Wildman–Crippen MR) is 107 cm³/mol. The van der Waals surface area contributed by atoms with Gasteiger partial charge in [-0.2, -0.15) is 0 Å². The summed E-state index contributed by atoms with van der Waals surface area (Å²) in [5, 5.41) is 3.10. The van der Waals surface area contributed by atoms with Crippen LogP contribution in [0.1, 0.15) is 32.6 Å². The van der Waals surface area contributed by atoms with Crippen LogP contribution in [0.25, 0.3) is 0 Å². The molecule has 1 aromatic rings. The molecule has 1 aromatic carbocycles. The van der Waals surface area contributed by atoms with Crippen LogP contribution in [0, 0.1) is 5.92 Å². The lowest BCUT2D eigenvalue weighted by atomic mass is 9.84. The molecule has 10 heteroatoms. The maximum atomic E-state index is 12.4. The molecule has 1 heterocycles. The molecule has 3 rings (SSSR count). The van der Waals surface area contributed by atoms with E-state index in [0.717, 1.165) is 25.7 Å². The van der Waals surface area contributed by atoms with Gasteiger partial charge in [0, 0.05) is 11.2 Å². The summed E-state index contributed by atoms with van der Waals surface area (Å²) in [5.74, 6) is -0.457. The van der Waals surface area contributed by atoms with Gasteiger partial charge in [-0.25, -0.2) is 22.7 Å². The van der Waals surface area contributed by atoms with Gasteiger partial charge >= 0.3 is 12.0 Å². The maximum Gasteiger partial charge on any atom is 0.336 e. The van der Waals surface area contributed by atoms with Crippen molar-refractivity contribution < 1.29 is 22.7 Å². The van der Waals surface area contributed by atoms with Gasteiger partial charge in [0.25, 0.3) is 10.0 Å². The molecule has 1 aliphatic carbocycles. The number of nitrogens with one attached hydrogen (secondary N) is 2. The lowest BCUT2D eigenvalue weighted by molar-refractivity contribution is -0.139. The number of esters is 1. The van der Waals surface area contributed by atoms with Crippen molar-refractivity contribution in [3.8, 4) is 0 Å². The second kappa shape index (κ2) is 8.75. The highest BCUT2D eigenvalue weighted by Gasteiger charge is 2.41. The van der Waals surface area contributed by atoms with Crippen LogP contribution in [0.15, 0.2) is 39.8 Å². The number of urea groups is 1. The number of amides is 2. The molecule has 1 aliphatic heterocycles. The Morgan fingerprint density at radius 1 is 1.25 bits per heavy atom. The summed E-state index contributed by atoms with van der Waals surface area (Å²) in [4.78, 5) is 24.6. The molecule has 0 radical (unpaired) electrons. The van der Waals surface area contributed by atoms with Crippen LogP contribution in [0.4, 0.5) is 4.79 Å². The quantitative estimate of drug-likeness (QED) is 0.675. The number of carbonyl (C=O) groups excluding carboxylic acids is 2. The zero-order valence-corrected chi connectivity index (χ0v) is 17.6. The van der Waals surface area contributed by atoms with E-state index in [4.69, 9.17) is 16.3 Å². The lowest BCUT2D eigenvalue weighted by Crippen LogP contribution is -2.39. The first kappa shape index (κ1) is 21.0. The van der Waals surface area contributed by atoms with Gasteiger partial charge in [0.15, 0.2) is 0 Å². The Morgan fingerprint density at radius 2 is 1.96 bits per heavy atom. The molecule has 1 saturated carbocycles. The van der Waals surface area contributed by atoms with Crippen molar-refractivity contribution in [2.45, 2.75) is 42.8 Å². The minimum absolute atomic E-state index is 0.00766. The highest BCUT2D eigenvalue weighted by atomic mass is 35.5. The summed E-state index contributed by atoms with van der Waals surface area (Å²) in [6.45, 7) is 1.94. The van der Waals surface area contributed by atoms with Crippen molar-refractivity contribution in [3.63, 3.8) is 0 Å². The summed E-state index contributed by atoms with van der Waals surface area (Å²) in [6, 6.07) is 4.89. The van der Waals surface area contributed by atoms with Crippen LogP contribution in [-0.2, 0) is 19.6 Å². The molecule has 2 aliphatic rings. The van der Waals surface area contributed by atoms with Crippen LogP contribution < -0.4 is 10.0 Å². The molecule has 2 unspecified atom stereocenters. The monoisotopic (exact) mass is 444 g/mol. The SMILES string of the molecule is CCOC(=O)C1=C(NC(=O)NS(=O)(=O)c2ccccc2Cl)SC2CCCCC12. The molecule has 0 saturated heterocycles. The molecular weight excluding hydrogens is 424 g/mol. The third kappa shape index (κ3) is 4.47. The molecule has 0 aromatic heterocycles. The van der Waals surface area contributed by atoms with E-state index < -0.39 is 22.0 Å². The molecule has 28 heavy (non-hydrogen) atoms. The van der Waals surface area contributed by atoms with E-state index >= 15 is 0 Å². The van der Waals surface area contributed by atoms with Crippen LogP contribution in [0.3, 0.4) is 0 Å². The van der Waals surface area contributed by atoms with Crippen molar-refractivity contribution in [1.29, 1.82) is 0 Å². The molecule has 2 N–H and O–H groups in total. The van der Waals surface area contributed by atoms with Crippen LogP contribution in [-0.4, -0.2) is 32.3 Å². The minimum Gasteiger partial charge on any atom is -0.463 e. The number of ether oxygens (including phenoxy) is 1. The van der Waals surface area contributed by atoms with Gasteiger partial charge in [0.2, 0.25) is 0 Å². The highest BCUT2D eigenvalue weighted by molar-refractivity contribution is 8.04. The Bertz CT molecular complexity index is 916. The van der Waals surface area contributed by atoms with E-state index in [0.29, 0.717) is 10.6 Å². The van der Waals surface area contributed by atoms with Crippen molar-refractivity contribution >= 4 is 45.4 Å². The van der Waals surface area contributed by atoms with Crippen molar-refractivity contribution in [2.75, 3.05) is 6.61 Å². The Morgan fingerprint density at radius 3 is 2.68 bits per heavy atom. The fraction of sp³-hybridized carbons (Fsp3) is 0.444. The first-order chi connectivity index (χ1) is 13.3. The number of halogens is 1. The average molecular weight is 445 g/mol. The average Bonchev–Trinajstić information content (AvgIpc) is 2.99. The number of sulfonamides is 1. The van der Waals surface area contributed by atoms with E-state index in [9.17, 15) is 18.0 Å². The first-order valence-electron chi connectivity index (χ1n) is 8.99. The zero-order valence-electron chi connectivity index (χ0n) is 15.2. The van der Waals surface area contributed by atoms with Crippen LogP contribution in [0.5, 0.6) is 0 Å². The first-order valence-corrected chi connectivity index (χ1v) is 11.7. The molecule has 2 amide bonds. The highest BCUT2D eigenvalue weighted by Crippen LogP contribution is 2.48. The number of benzene rings is 1. The number of rotatable bonds is 5. The van der Waals surface area contributed by atoms with Crippen molar-refractivity contribution in [1.82, 2.24) is 10.0 Å². The second-order valence-electron chi connectivity index (χ2n) is 6.50. The summed E-state index contributed by atoms with van der Waals surface area (Å²) in [5.41, 5.74) is 0.432. The summed E-state index contributed by atoms with van der Waals surface area (Å²) < 4.78 is 32.0. The number of hydrogen-bond acceptors (Lipinski definition) is 6. The molecule has 0 bridgehead atoms. The topological polar surface area (TPSA) is 102 Å². The third-order valence-electron chi connectivity index (χ3n) is 4.66. The Labute approximate surface area is 173 Å². The number of hydrogen-bond donors (Lipinski definition) is 2. The van der Waals surface area contributed by atoms with E-state index in [2.05, 4.69) is 5.32 Å². The van der Waals surface area contributed by atoms with Crippen molar-refractivity contribution in [2.24, 2.45) is 5.92 Å². The second-order valence-corrected chi connectivity index (χ2v) is 9.81. The van der Waals surface area contributed by atoms with Gasteiger partial charge < -0.3 is 10.1 Å². The molecular formula is C18H21ClN2O5S2. The number of fused-ring (bicyclic) bond motifs is 1. The van der Waals surface area contributed by atoms with E-state index in [-0.39, 0.29) is 27.7 Å².